The third-order valence-electron chi connectivity index (χ3n) is 1.23. The highest BCUT2D eigenvalue weighted by molar-refractivity contribution is 5.81. The number of hydrogen-bond donors (Lipinski definition) is 0. The summed E-state index contributed by atoms with van der Waals surface area (Å²) in [5, 5.41) is 0. The Morgan fingerprint density at radius 3 is 1.57 bits per heavy atom. The van der Waals surface area contributed by atoms with Crippen molar-refractivity contribution in [2.75, 3.05) is 0 Å². The molecule has 0 aromatic carbocycles. The average Bonchev–Trinajstić information content (AvgIpc) is 1.95. The Morgan fingerprint density at radius 2 is 1.50 bits per heavy atom. The first kappa shape index (κ1) is 12.5. The predicted molar refractivity (Wildman–Crippen MR) is 39.6 cm³/mol. The molecule has 0 saturated carbocycles. The van der Waals surface area contributed by atoms with Crippen LogP contribution in [0.1, 0.15) is 0 Å². The van der Waals surface area contributed by atoms with Gasteiger partial charge in [0.1, 0.15) is 17.2 Å². The zero-order valence-corrected chi connectivity index (χ0v) is 6.79. The summed E-state index contributed by atoms with van der Waals surface area (Å²) >= 11 is 0. The first-order chi connectivity index (χ1) is 6.21. The topological polar surface area (TPSA) is 17.1 Å². The van der Waals surface area contributed by atoms with Gasteiger partial charge in [0.25, 0.3) is 0 Å². The van der Waals surface area contributed by atoms with E-state index in [0.29, 0.717) is 0 Å². The lowest BCUT2D eigenvalue weighted by Crippen LogP contribution is -2.15. The van der Waals surface area contributed by atoms with Crippen LogP contribution in [0, 0.1) is 0 Å². The van der Waals surface area contributed by atoms with E-state index < -0.39 is 35.3 Å². The zero-order chi connectivity index (χ0) is 11.5. The third kappa shape index (κ3) is 2.79. The molecular formula is C8H5F5O. The minimum Gasteiger partial charge on any atom is -0.298 e. The van der Waals surface area contributed by atoms with Crippen molar-refractivity contribution in [2.24, 2.45) is 0 Å². The van der Waals surface area contributed by atoms with Crippen molar-refractivity contribution in [2.45, 2.75) is 6.18 Å². The van der Waals surface area contributed by atoms with E-state index in [1.807, 2.05) is 0 Å². The quantitative estimate of drug-likeness (QED) is 0.304. The largest absolute Gasteiger partial charge is 0.420 e. The SMILES string of the molecule is C=C(F)/C(C=O)=C(\C(=C)F)C(F)(F)F. The number of carbonyl (C=O) groups excluding carboxylic acids is 1. The van der Waals surface area contributed by atoms with E-state index in [2.05, 4.69) is 13.2 Å². The van der Waals surface area contributed by atoms with E-state index in [9.17, 15) is 26.7 Å². The smallest absolute Gasteiger partial charge is 0.298 e. The molecule has 0 amide bonds. The predicted octanol–water partition coefficient (Wildman–Crippen LogP) is 3.01. The highest BCUT2D eigenvalue weighted by Gasteiger charge is 2.39. The molecule has 0 bridgehead atoms. The Balaban J connectivity index is 5.69. The fraction of sp³-hybridized carbons (Fsp3) is 0.125. The highest BCUT2D eigenvalue weighted by atomic mass is 19.4. The number of carbonyl (C=O) groups is 1. The second-order valence-corrected chi connectivity index (χ2v) is 2.21. The number of alkyl halides is 3. The average molecular weight is 212 g/mol. The molecule has 0 fully saturated rings. The van der Waals surface area contributed by atoms with Crippen LogP contribution in [0.3, 0.4) is 0 Å². The number of allylic oxidation sites excluding steroid dienone is 4. The van der Waals surface area contributed by atoms with Gasteiger partial charge in [0.05, 0.1) is 5.57 Å². The Hall–Kier alpha value is -1.46. The van der Waals surface area contributed by atoms with E-state index in [1.54, 1.807) is 0 Å². The Morgan fingerprint density at radius 1 is 1.07 bits per heavy atom. The van der Waals surface area contributed by atoms with Crippen LogP contribution in [-0.2, 0) is 4.79 Å². The van der Waals surface area contributed by atoms with Crippen molar-refractivity contribution in [3.8, 4) is 0 Å². The van der Waals surface area contributed by atoms with Gasteiger partial charge < -0.3 is 0 Å². The summed E-state index contributed by atoms with van der Waals surface area (Å²) in [6.45, 7) is 4.84. The molecule has 0 N–H and O–H groups in total. The van der Waals surface area contributed by atoms with Crippen molar-refractivity contribution in [3.05, 3.63) is 36.0 Å². The normalized spacial score (nSPS) is 13.2. The molecule has 0 heterocycles. The summed E-state index contributed by atoms with van der Waals surface area (Å²) in [5.74, 6) is -3.59. The van der Waals surface area contributed by atoms with Crippen molar-refractivity contribution < 1.29 is 26.7 Å². The monoisotopic (exact) mass is 212 g/mol. The number of rotatable bonds is 3. The van der Waals surface area contributed by atoms with Gasteiger partial charge in [-0.05, 0) is 0 Å². The summed E-state index contributed by atoms with van der Waals surface area (Å²) in [6.07, 6.45) is -5.65. The third-order valence-corrected chi connectivity index (χ3v) is 1.23. The molecule has 1 nitrogen and oxygen atoms in total. The second kappa shape index (κ2) is 4.17. The summed E-state index contributed by atoms with van der Waals surface area (Å²) < 4.78 is 60.8. The van der Waals surface area contributed by atoms with Gasteiger partial charge >= 0.3 is 6.18 Å². The van der Waals surface area contributed by atoms with Gasteiger partial charge in [0.2, 0.25) is 0 Å². The summed E-state index contributed by atoms with van der Waals surface area (Å²) in [5.41, 5.74) is -3.52. The van der Waals surface area contributed by atoms with Crippen LogP contribution in [0.4, 0.5) is 22.0 Å². The standard InChI is InChI=1S/C8H5F5O/c1-4(9)6(3-14)7(5(2)10)8(11,12)13/h3H,1-2H2/b7-6+. The van der Waals surface area contributed by atoms with E-state index in [0.717, 1.165) is 0 Å². The highest BCUT2D eigenvalue weighted by Crippen LogP contribution is 2.35. The molecule has 0 atom stereocenters. The van der Waals surface area contributed by atoms with Crippen LogP contribution in [0.2, 0.25) is 0 Å². The molecule has 0 aromatic heterocycles. The summed E-state index contributed by atoms with van der Waals surface area (Å²) in [4.78, 5) is 10.1. The molecule has 0 radical (unpaired) electrons. The second-order valence-electron chi connectivity index (χ2n) is 2.21. The van der Waals surface area contributed by atoms with Crippen LogP contribution < -0.4 is 0 Å². The molecule has 0 aromatic rings. The van der Waals surface area contributed by atoms with Crippen LogP contribution >= 0.6 is 0 Å². The van der Waals surface area contributed by atoms with E-state index in [4.69, 9.17) is 0 Å². The summed E-state index contributed by atoms with van der Waals surface area (Å²) in [7, 11) is 0. The maximum atomic E-state index is 12.3. The maximum absolute atomic E-state index is 12.3. The zero-order valence-electron chi connectivity index (χ0n) is 6.79. The van der Waals surface area contributed by atoms with Crippen molar-refractivity contribution >= 4 is 6.29 Å². The van der Waals surface area contributed by atoms with Crippen LogP contribution in [0.25, 0.3) is 0 Å². The first-order valence-corrected chi connectivity index (χ1v) is 3.18. The lowest BCUT2D eigenvalue weighted by molar-refractivity contribution is -0.107. The van der Waals surface area contributed by atoms with Crippen molar-refractivity contribution in [3.63, 3.8) is 0 Å². The molecule has 0 spiro atoms. The molecule has 0 aliphatic carbocycles. The molecular weight excluding hydrogens is 207 g/mol. The molecule has 0 aliphatic rings. The van der Waals surface area contributed by atoms with Gasteiger partial charge in [0.15, 0.2) is 6.29 Å². The van der Waals surface area contributed by atoms with E-state index in [-0.39, 0.29) is 0 Å². The summed E-state index contributed by atoms with van der Waals surface area (Å²) in [6, 6.07) is 0. The van der Waals surface area contributed by atoms with Gasteiger partial charge in [-0.1, -0.05) is 13.2 Å². The molecule has 0 rings (SSSR count). The van der Waals surface area contributed by atoms with Gasteiger partial charge in [-0.3, -0.25) is 4.79 Å². The number of halogens is 5. The lowest BCUT2D eigenvalue weighted by atomic mass is 10.1. The fourth-order valence-corrected chi connectivity index (χ4v) is 0.711. The van der Waals surface area contributed by atoms with Gasteiger partial charge in [0, 0.05) is 0 Å². The van der Waals surface area contributed by atoms with Crippen molar-refractivity contribution in [1.82, 2.24) is 0 Å². The molecule has 0 saturated heterocycles. The molecule has 0 unspecified atom stereocenters. The fourth-order valence-electron chi connectivity index (χ4n) is 0.711. The Kier molecular flexibility index (Phi) is 3.73. The Labute approximate surface area is 76.2 Å². The Bertz CT molecular complexity index is 310. The molecule has 6 heteroatoms. The minimum atomic E-state index is -5.18. The van der Waals surface area contributed by atoms with Gasteiger partial charge in [-0.2, -0.15) is 13.2 Å². The van der Waals surface area contributed by atoms with E-state index in [1.165, 1.54) is 0 Å². The van der Waals surface area contributed by atoms with Crippen molar-refractivity contribution in [1.29, 1.82) is 0 Å². The lowest BCUT2D eigenvalue weighted by Gasteiger charge is -2.11. The maximum Gasteiger partial charge on any atom is 0.420 e. The molecule has 0 aliphatic heterocycles. The first-order valence-electron chi connectivity index (χ1n) is 3.18. The number of hydrogen-bond acceptors (Lipinski definition) is 1. The minimum absolute atomic E-state index is 0.462. The van der Waals surface area contributed by atoms with Crippen LogP contribution in [-0.4, -0.2) is 12.5 Å². The van der Waals surface area contributed by atoms with Crippen LogP contribution in [0.5, 0.6) is 0 Å². The van der Waals surface area contributed by atoms with Gasteiger partial charge in [-0.15, -0.1) is 0 Å². The van der Waals surface area contributed by atoms with Crippen LogP contribution in [0.15, 0.2) is 36.0 Å². The molecule has 78 valence electrons. The molecule has 14 heavy (non-hydrogen) atoms. The van der Waals surface area contributed by atoms with Gasteiger partial charge in [-0.25, -0.2) is 8.78 Å². The van der Waals surface area contributed by atoms with E-state index >= 15 is 0 Å². The number of aldehydes is 1.